The molecule has 2 aromatic rings. The van der Waals surface area contributed by atoms with E-state index in [1.165, 1.54) is 5.56 Å². The second-order valence-corrected chi connectivity index (χ2v) is 10.1. The summed E-state index contributed by atoms with van der Waals surface area (Å²) in [7, 11) is 1.79. The molecule has 0 aliphatic carbocycles. The van der Waals surface area contributed by atoms with Crippen LogP contribution in [0.4, 0.5) is 0 Å². The summed E-state index contributed by atoms with van der Waals surface area (Å²) in [6.07, 6.45) is 1.95. The van der Waals surface area contributed by atoms with E-state index in [-0.39, 0.29) is 5.41 Å². The number of guanidine groups is 1. The van der Waals surface area contributed by atoms with E-state index < -0.39 is 0 Å². The van der Waals surface area contributed by atoms with Crippen LogP contribution >= 0.6 is 11.3 Å². The van der Waals surface area contributed by atoms with Gasteiger partial charge in [0, 0.05) is 55.4 Å². The van der Waals surface area contributed by atoms with Crippen LogP contribution in [0.15, 0.2) is 28.6 Å². The van der Waals surface area contributed by atoms with Crippen LogP contribution in [0.3, 0.4) is 0 Å². The minimum absolute atomic E-state index is 0.0956. The summed E-state index contributed by atoms with van der Waals surface area (Å²) >= 11 is 1.73. The topological polar surface area (TPSA) is 67.8 Å². The Hall–Kier alpha value is -2.12. The fourth-order valence-electron chi connectivity index (χ4n) is 3.32. The molecule has 0 amide bonds. The van der Waals surface area contributed by atoms with Gasteiger partial charge in [-0.25, -0.2) is 4.98 Å². The number of hydrogen-bond donors (Lipinski definition) is 2. The molecule has 1 aromatic heterocycles. The lowest BCUT2D eigenvalue weighted by molar-refractivity contribution is 0.166. The van der Waals surface area contributed by atoms with Crippen LogP contribution in [-0.4, -0.2) is 44.4 Å². The molecule has 1 aliphatic heterocycles. The molecule has 0 radical (unpaired) electrons. The SMILES string of the molecule is CN=C(NCCc1nc(C(C)(C)C)cs1)NCc1ccc(C)cc1OCC1CCOC1. The van der Waals surface area contributed by atoms with Crippen molar-refractivity contribution in [3.05, 3.63) is 45.4 Å². The Morgan fingerprint density at radius 2 is 2.16 bits per heavy atom. The number of ether oxygens (including phenoxy) is 2. The third-order valence-corrected chi connectivity index (χ3v) is 6.25. The number of thiazole rings is 1. The molecule has 1 unspecified atom stereocenters. The van der Waals surface area contributed by atoms with Gasteiger partial charge in [0.05, 0.1) is 23.9 Å². The Kier molecular flexibility index (Phi) is 8.32. The number of hydrogen-bond acceptors (Lipinski definition) is 5. The normalized spacial score (nSPS) is 17.1. The Balaban J connectivity index is 1.49. The Morgan fingerprint density at radius 1 is 1.32 bits per heavy atom. The number of benzene rings is 1. The van der Waals surface area contributed by atoms with Crippen molar-refractivity contribution in [2.45, 2.75) is 52.5 Å². The first-order valence-corrected chi connectivity index (χ1v) is 11.9. The fourth-order valence-corrected chi connectivity index (χ4v) is 4.35. The largest absolute Gasteiger partial charge is 0.493 e. The summed E-state index contributed by atoms with van der Waals surface area (Å²) in [6, 6.07) is 6.35. The lowest BCUT2D eigenvalue weighted by atomic mass is 9.93. The zero-order chi connectivity index (χ0) is 22.3. The molecule has 170 valence electrons. The lowest BCUT2D eigenvalue weighted by Gasteiger charge is -2.17. The summed E-state index contributed by atoms with van der Waals surface area (Å²) in [5.41, 5.74) is 3.58. The highest BCUT2D eigenvalue weighted by atomic mass is 32.1. The van der Waals surface area contributed by atoms with Crippen LogP contribution in [0.2, 0.25) is 0 Å². The molecule has 0 saturated carbocycles. The molecular formula is C24H36N4O2S. The zero-order valence-electron chi connectivity index (χ0n) is 19.5. The van der Waals surface area contributed by atoms with Gasteiger partial charge in [-0.05, 0) is 25.0 Å². The highest BCUT2D eigenvalue weighted by Crippen LogP contribution is 2.24. The van der Waals surface area contributed by atoms with Gasteiger partial charge in [-0.15, -0.1) is 11.3 Å². The first kappa shape index (κ1) is 23.5. The van der Waals surface area contributed by atoms with Gasteiger partial charge in [-0.1, -0.05) is 32.9 Å². The summed E-state index contributed by atoms with van der Waals surface area (Å²) in [5, 5.41) is 10.1. The predicted octanol–water partition coefficient (Wildman–Crippen LogP) is 4.07. The van der Waals surface area contributed by atoms with Crippen molar-refractivity contribution in [3.8, 4) is 5.75 Å². The van der Waals surface area contributed by atoms with Gasteiger partial charge in [0.2, 0.25) is 0 Å². The average Bonchev–Trinajstić information content (AvgIpc) is 3.41. The van der Waals surface area contributed by atoms with E-state index in [0.717, 1.165) is 60.6 Å². The van der Waals surface area contributed by atoms with E-state index in [9.17, 15) is 0 Å². The molecule has 3 rings (SSSR count). The van der Waals surface area contributed by atoms with Crippen molar-refractivity contribution in [1.29, 1.82) is 0 Å². The van der Waals surface area contributed by atoms with Gasteiger partial charge in [-0.2, -0.15) is 0 Å². The van der Waals surface area contributed by atoms with Crippen LogP contribution in [0.25, 0.3) is 0 Å². The second-order valence-electron chi connectivity index (χ2n) is 9.13. The molecule has 1 aliphatic rings. The maximum Gasteiger partial charge on any atom is 0.191 e. The Bertz CT molecular complexity index is 867. The first-order chi connectivity index (χ1) is 14.8. The highest BCUT2D eigenvalue weighted by Gasteiger charge is 2.18. The van der Waals surface area contributed by atoms with E-state index >= 15 is 0 Å². The van der Waals surface area contributed by atoms with Gasteiger partial charge >= 0.3 is 0 Å². The van der Waals surface area contributed by atoms with Crippen molar-refractivity contribution < 1.29 is 9.47 Å². The van der Waals surface area contributed by atoms with Crippen LogP contribution in [0, 0.1) is 12.8 Å². The van der Waals surface area contributed by atoms with E-state index in [4.69, 9.17) is 14.5 Å². The number of aliphatic imine (C=N–C) groups is 1. The minimum Gasteiger partial charge on any atom is -0.493 e. The van der Waals surface area contributed by atoms with E-state index in [1.54, 1.807) is 18.4 Å². The Labute approximate surface area is 190 Å². The molecule has 2 N–H and O–H groups in total. The standard InChI is InChI=1S/C24H36N4O2S/c1-17-6-7-19(20(12-17)30-15-18-9-11-29-14-18)13-27-23(25-5)26-10-8-22-28-21(16-31-22)24(2,3)4/h6-7,12,16,18H,8-11,13-15H2,1-5H3,(H2,25,26,27). The lowest BCUT2D eigenvalue weighted by Crippen LogP contribution is -2.38. The molecule has 7 heteroatoms. The third-order valence-electron chi connectivity index (χ3n) is 5.34. The van der Waals surface area contributed by atoms with E-state index in [2.05, 4.69) is 66.9 Å². The van der Waals surface area contributed by atoms with Gasteiger partial charge in [0.25, 0.3) is 0 Å². The maximum absolute atomic E-state index is 6.15. The van der Waals surface area contributed by atoms with Crippen LogP contribution in [0.1, 0.15) is 49.0 Å². The van der Waals surface area contributed by atoms with Gasteiger partial charge in [-0.3, -0.25) is 4.99 Å². The second kappa shape index (κ2) is 11.0. The van der Waals surface area contributed by atoms with Gasteiger partial charge < -0.3 is 20.1 Å². The molecule has 1 fully saturated rings. The molecule has 2 heterocycles. The smallest absolute Gasteiger partial charge is 0.191 e. The number of aromatic nitrogens is 1. The maximum atomic E-state index is 6.15. The molecule has 0 spiro atoms. The number of aryl methyl sites for hydroxylation is 1. The zero-order valence-corrected chi connectivity index (χ0v) is 20.3. The predicted molar refractivity (Wildman–Crippen MR) is 128 cm³/mol. The molecule has 1 saturated heterocycles. The molecule has 31 heavy (non-hydrogen) atoms. The molecular weight excluding hydrogens is 408 g/mol. The van der Waals surface area contributed by atoms with Gasteiger partial charge in [0.15, 0.2) is 5.96 Å². The van der Waals surface area contributed by atoms with Gasteiger partial charge in [0.1, 0.15) is 5.75 Å². The summed E-state index contributed by atoms with van der Waals surface area (Å²) in [6.45, 7) is 12.5. The van der Waals surface area contributed by atoms with Crippen LogP contribution in [-0.2, 0) is 23.1 Å². The average molecular weight is 445 g/mol. The number of nitrogens with zero attached hydrogens (tertiary/aromatic N) is 2. The quantitative estimate of drug-likeness (QED) is 0.474. The molecule has 1 aromatic carbocycles. The van der Waals surface area contributed by atoms with Crippen molar-refractivity contribution in [3.63, 3.8) is 0 Å². The van der Waals surface area contributed by atoms with Crippen LogP contribution in [0.5, 0.6) is 5.75 Å². The molecule has 1 atom stereocenters. The fraction of sp³-hybridized carbons (Fsp3) is 0.583. The molecule has 6 nitrogen and oxygen atoms in total. The third kappa shape index (κ3) is 7.21. The molecule has 0 bridgehead atoms. The highest BCUT2D eigenvalue weighted by molar-refractivity contribution is 7.09. The summed E-state index contributed by atoms with van der Waals surface area (Å²) < 4.78 is 11.6. The van der Waals surface area contributed by atoms with Crippen molar-refractivity contribution in [1.82, 2.24) is 15.6 Å². The number of rotatable bonds is 8. The Morgan fingerprint density at radius 3 is 2.84 bits per heavy atom. The van der Waals surface area contributed by atoms with E-state index in [1.807, 2.05) is 0 Å². The van der Waals surface area contributed by atoms with Crippen LogP contribution < -0.4 is 15.4 Å². The van der Waals surface area contributed by atoms with Crippen molar-refractivity contribution in [2.75, 3.05) is 33.4 Å². The van der Waals surface area contributed by atoms with E-state index in [0.29, 0.717) is 19.1 Å². The van der Waals surface area contributed by atoms with Crippen molar-refractivity contribution in [2.24, 2.45) is 10.9 Å². The number of nitrogens with one attached hydrogen (secondary N) is 2. The summed E-state index contributed by atoms with van der Waals surface area (Å²) in [5.74, 6) is 2.20. The minimum atomic E-state index is 0.0956. The summed E-state index contributed by atoms with van der Waals surface area (Å²) in [4.78, 5) is 9.12. The first-order valence-electron chi connectivity index (χ1n) is 11.0. The monoisotopic (exact) mass is 444 g/mol. The van der Waals surface area contributed by atoms with Crippen molar-refractivity contribution >= 4 is 17.3 Å².